The molecule has 1 heterocycles. The standard InChI is InChI=1S/C19H13N3O4S2/c23-22(24)15-8-10-16(11-9-15)28(25,26)21-14-5-3-4-13(12-14)19-20-17-6-1-2-7-18(17)27-19/h1-12,21H. The summed E-state index contributed by atoms with van der Waals surface area (Å²) >= 11 is 1.53. The Morgan fingerprint density at radius 2 is 1.71 bits per heavy atom. The maximum absolute atomic E-state index is 12.6. The van der Waals surface area contributed by atoms with Crippen LogP contribution in [0, 0.1) is 10.1 Å². The van der Waals surface area contributed by atoms with Gasteiger partial charge in [0.25, 0.3) is 15.7 Å². The molecule has 1 N–H and O–H groups in total. The van der Waals surface area contributed by atoms with Crippen LogP contribution in [0.25, 0.3) is 20.8 Å². The van der Waals surface area contributed by atoms with Crippen LogP contribution < -0.4 is 4.72 Å². The summed E-state index contributed by atoms with van der Waals surface area (Å²) in [5, 5.41) is 11.5. The quantitative estimate of drug-likeness (QED) is 0.380. The number of nitro benzene ring substituents is 1. The highest BCUT2D eigenvalue weighted by Crippen LogP contribution is 2.31. The Labute approximate surface area is 164 Å². The third-order valence-corrected chi connectivity index (χ3v) is 6.50. The number of aromatic nitrogens is 1. The highest BCUT2D eigenvalue weighted by atomic mass is 32.2. The fraction of sp³-hybridized carbons (Fsp3) is 0. The third kappa shape index (κ3) is 3.57. The number of nitrogens with one attached hydrogen (secondary N) is 1. The van der Waals surface area contributed by atoms with Gasteiger partial charge in [0, 0.05) is 23.4 Å². The maximum atomic E-state index is 12.6. The summed E-state index contributed by atoms with van der Waals surface area (Å²) in [7, 11) is -3.87. The molecule has 9 heteroatoms. The van der Waals surface area contributed by atoms with Gasteiger partial charge < -0.3 is 0 Å². The second-order valence-corrected chi connectivity index (χ2v) is 8.64. The fourth-order valence-electron chi connectivity index (χ4n) is 2.67. The lowest BCUT2D eigenvalue weighted by Gasteiger charge is -2.09. The zero-order chi connectivity index (χ0) is 19.7. The summed E-state index contributed by atoms with van der Waals surface area (Å²) in [5.74, 6) is 0. The van der Waals surface area contributed by atoms with Gasteiger partial charge in [-0.25, -0.2) is 13.4 Å². The van der Waals surface area contributed by atoms with Crippen molar-refractivity contribution in [2.45, 2.75) is 4.90 Å². The number of para-hydroxylation sites is 1. The molecule has 0 fully saturated rings. The van der Waals surface area contributed by atoms with Gasteiger partial charge in [0.15, 0.2) is 0 Å². The molecule has 4 aromatic rings. The van der Waals surface area contributed by atoms with E-state index in [1.807, 2.05) is 30.3 Å². The molecule has 0 amide bonds. The Kier molecular flexibility index (Phi) is 4.54. The fourth-order valence-corrected chi connectivity index (χ4v) is 4.68. The van der Waals surface area contributed by atoms with Gasteiger partial charge >= 0.3 is 0 Å². The summed E-state index contributed by atoms with van der Waals surface area (Å²) in [6.45, 7) is 0. The summed E-state index contributed by atoms with van der Waals surface area (Å²) in [6.07, 6.45) is 0. The minimum atomic E-state index is -3.87. The number of nitro groups is 1. The van der Waals surface area contributed by atoms with Gasteiger partial charge in [-0.1, -0.05) is 24.3 Å². The minimum absolute atomic E-state index is 0.0523. The van der Waals surface area contributed by atoms with E-state index in [-0.39, 0.29) is 10.6 Å². The average molecular weight is 411 g/mol. The molecule has 1 aromatic heterocycles. The SMILES string of the molecule is O=[N+]([O-])c1ccc(S(=O)(=O)Nc2cccc(-c3nc4ccccc4s3)c2)cc1. The van der Waals surface area contributed by atoms with Crippen LogP contribution in [0.3, 0.4) is 0 Å². The van der Waals surface area contributed by atoms with Crippen LogP contribution in [-0.4, -0.2) is 18.3 Å². The normalized spacial score (nSPS) is 11.4. The van der Waals surface area contributed by atoms with E-state index < -0.39 is 14.9 Å². The van der Waals surface area contributed by atoms with Crippen molar-refractivity contribution in [3.63, 3.8) is 0 Å². The lowest BCUT2D eigenvalue weighted by Crippen LogP contribution is -2.12. The Morgan fingerprint density at radius 3 is 2.43 bits per heavy atom. The molecule has 28 heavy (non-hydrogen) atoms. The van der Waals surface area contributed by atoms with Gasteiger partial charge in [0.1, 0.15) is 5.01 Å². The Balaban J connectivity index is 1.63. The Bertz CT molecular complexity index is 1250. The molecule has 0 radical (unpaired) electrons. The molecule has 0 aliphatic rings. The first kappa shape index (κ1) is 18.1. The van der Waals surface area contributed by atoms with Gasteiger partial charge in [0.2, 0.25) is 0 Å². The van der Waals surface area contributed by atoms with E-state index in [4.69, 9.17) is 0 Å². The Morgan fingerprint density at radius 1 is 0.964 bits per heavy atom. The van der Waals surface area contributed by atoms with Gasteiger partial charge in [-0.05, 0) is 36.4 Å². The molecule has 0 bridgehead atoms. The van der Waals surface area contributed by atoms with Crippen LogP contribution in [0.2, 0.25) is 0 Å². The molecular weight excluding hydrogens is 398 g/mol. The third-order valence-electron chi connectivity index (χ3n) is 4.01. The second kappa shape index (κ2) is 7.02. The smallest absolute Gasteiger partial charge is 0.269 e. The van der Waals surface area contributed by atoms with Crippen molar-refractivity contribution in [1.82, 2.24) is 4.98 Å². The van der Waals surface area contributed by atoms with Crippen molar-refractivity contribution >= 4 is 43.0 Å². The largest absolute Gasteiger partial charge is 0.280 e. The minimum Gasteiger partial charge on any atom is -0.280 e. The zero-order valence-electron chi connectivity index (χ0n) is 14.3. The summed E-state index contributed by atoms with van der Waals surface area (Å²) in [6, 6.07) is 19.5. The summed E-state index contributed by atoms with van der Waals surface area (Å²) in [4.78, 5) is 14.7. The number of fused-ring (bicyclic) bond motifs is 1. The van der Waals surface area contributed by atoms with Crippen LogP contribution >= 0.6 is 11.3 Å². The molecule has 0 unspecified atom stereocenters. The molecule has 140 valence electrons. The number of sulfonamides is 1. The van der Waals surface area contributed by atoms with E-state index in [1.165, 1.54) is 23.5 Å². The molecule has 0 aliphatic heterocycles. The predicted molar refractivity (Wildman–Crippen MR) is 109 cm³/mol. The first-order valence-electron chi connectivity index (χ1n) is 8.16. The van der Waals surface area contributed by atoms with Crippen molar-refractivity contribution in [2.24, 2.45) is 0 Å². The van der Waals surface area contributed by atoms with E-state index in [0.717, 1.165) is 32.9 Å². The predicted octanol–water partition coefficient (Wildman–Crippen LogP) is 4.67. The van der Waals surface area contributed by atoms with E-state index in [9.17, 15) is 18.5 Å². The van der Waals surface area contributed by atoms with E-state index >= 15 is 0 Å². The number of hydrogen-bond donors (Lipinski definition) is 1. The van der Waals surface area contributed by atoms with Crippen molar-refractivity contribution in [3.8, 4) is 10.6 Å². The van der Waals surface area contributed by atoms with Crippen LogP contribution in [-0.2, 0) is 10.0 Å². The zero-order valence-corrected chi connectivity index (χ0v) is 15.9. The van der Waals surface area contributed by atoms with Gasteiger partial charge in [-0.15, -0.1) is 11.3 Å². The summed E-state index contributed by atoms with van der Waals surface area (Å²) < 4.78 is 28.7. The van der Waals surface area contributed by atoms with E-state index in [1.54, 1.807) is 18.2 Å². The van der Waals surface area contributed by atoms with Crippen LogP contribution in [0.1, 0.15) is 0 Å². The molecule has 0 saturated heterocycles. The van der Waals surface area contributed by atoms with Crippen molar-refractivity contribution in [3.05, 3.63) is 82.9 Å². The number of thiazole rings is 1. The number of non-ortho nitro benzene ring substituents is 1. The molecule has 0 aliphatic carbocycles. The number of benzene rings is 3. The first-order valence-corrected chi connectivity index (χ1v) is 10.5. The van der Waals surface area contributed by atoms with E-state index in [2.05, 4.69) is 9.71 Å². The molecular formula is C19H13N3O4S2. The highest BCUT2D eigenvalue weighted by Gasteiger charge is 2.16. The van der Waals surface area contributed by atoms with E-state index in [0.29, 0.717) is 5.69 Å². The maximum Gasteiger partial charge on any atom is 0.269 e. The number of anilines is 1. The van der Waals surface area contributed by atoms with Gasteiger partial charge in [-0.3, -0.25) is 14.8 Å². The summed E-state index contributed by atoms with van der Waals surface area (Å²) in [5.41, 5.74) is 1.90. The van der Waals surface area contributed by atoms with Crippen molar-refractivity contribution in [1.29, 1.82) is 0 Å². The van der Waals surface area contributed by atoms with Crippen LogP contribution in [0.4, 0.5) is 11.4 Å². The Hall–Kier alpha value is -3.30. The van der Waals surface area contributed by atoms with Crippen LogP contribution in [0.15, 0.2) is 77.7 Å². The monoisotopic (exact) mass is 411 g/mol. The van der Waals surface area contributed by atoms with Gasteiger partial charge in [-0.2, -0.15) is 0 Å². The molecule has 0 spiro atoms. The second-order valence-electron chi connectivity index (χ2n) is 5.92. The lowest BCUT2D eigenvalue weighted by molar-refractivity contribution is -0.384. The number of rotatable bonds is 5. The van der Waals surface area contributed by atoms with Crippen LogP contribution in [0.5, 0.6) is 0 Å². The average Bonchev–Trinajstić information content (AvgIpc) is 3.12. The molecule has 3 aromatic carbocycles. The molecule has 4 rings (SSSR count). The first-order chi connectivity index (χ1) is 13.4. The number of nitrogens with zero attached hydrogens (tertiary/aromatic N) is 2. The van der Waals surface area contributed by atoms with Crippen molar-refractivity contribution in [2.75, 3.05) is 4.72 Å². The number of hydrogen-bond acceptors (Lipinski definition) is 6. The van der Waals surface area contributed by atoms with Crippen molar-refractivity contribution < 1.29 is 13.3 Å². The molecule has 0 saturated carbocycles. The van der Waals surface area contributed by atoms with Gasteiger partial charge in [0.05, 0.1) is 20.0 Å². The molecule has 7 nitrogen and oxygen atoms in total. The lowest BCUT2D eigenvalue weighted by atomic mass is 10.2. The highest BCUT2D eigenvalue weighted by molar-refractivity contribution is 7.92. The topological polar surface area (TPSA) is 102 Å². The molecule has 0 atom stereocenters.